The van der Waals surface area contributed by atoms with Crippen LogP contribution in [0.3, 0.4) is 0 Å². The zero-order chi connectivity index (χ0) is 17.1. The molecule has 2 amide bonds. The normalized spacial score (nSPS) is 18.5. The van der Waals surface area contributed by atoms with E-state index in [-0.39, 0.29) is 18.2 Å². The van der Waals surface area contributed by atoms with Gasteiger partial charge in [0.2, 0.25) is 0 Å². The fourth-order valence-electron chi connectivity index (χ4n) is 2.97. The number of hydrogen-bond donors (Lipinski definition) is 1. The van der Waals surface area contributed by atoms with E-state index in [0.717, 1.165) is 24.8 Å². The molecule has 24 heavy (non-hydrogen) atoms. The van der Waals surface area contributed by atoms with Gasteiger partial charge in [0.05, 0.1) is 19.3 Å². The molecule has 1 aliphatic heterocycles. The standard InChI is InChI=1S/C18H24N2O4/c1-12(19-18(21)20(2)11-14-7-5-9-23-14)16-10-13-6-4-8-15(22-3)17(13)24-16/h4,6,8,10,12,14H,5,7,9,11H2,1-3H3,(H,19,21)/t12-,14-/m0/s1. The molecule has 6 nitrogen and oxygen atoms in total. The number of likely N-dealkylation sites (N-methyl/N-ethyl adjacent to an activating group) is 1. The fraction of sp³-hybridized carbons (Fsp3) is 0.500. The number of ether oxygens (including phenoxy) is 2. The topological polar surface area (TPSA) is 63.9 Å². The SMILES string of the molecule is COc1cccc2cc([C@H](C)NC(=O)N(C)C[C@@H]3CCCO3)oc12. The number of amides is 2. The van der Waals surface area contributed by atoms with Gasteiger partial charge in [-0.2, -0.15) is 0 Å². The molecule has 0 bridgehead atoms. The smallest absolute Gasteiger partial charge is 0.317 e. The van der Waals surface area contributed by atoms with Gasteiger partial charge in [-0.25, -0.2) is 4.79 Å². The monoisotopic (exact) mass is 332 g/mol. The number of nitrogens with one attached hydrogen (secondary N) is 1. The van der Waals surface area contributed by atoms with Crippen molar-refractivity contribution >= 4 is 17.0 Å². The van der Waals surface area contributed by atoms with E-state index in [4.69, 9.17) is 13.9 Å². The van der Waals surface area contributed by atoms with E-state index in [9.17, 15) is 4.79 Å². The highest BCUT2D eigenvalue weighted by Gasteiger charge is 2.22. The van der Waals surface area contributed by atoms with Crippen LogP contribution in [0.1, 0.15) is 31.6 Å². The van der Waals surface area contributed by atoms with Gasteiger partial charge in [-0.15, -0.1) is 0 Å². The second kappa shape index (κ2) is 7.13. The number of para-hydroxylation sites is 1. The van der Waals surface area contributed by atoms with Gasteiger partial charge in [0.15, 0.2) is 11.3 Å². The van der Waals surface area contributed by atoms with E-state index in [1.54, 1.807) is 19.1 Å². The number of benzene rings is 1. The summed E-state index contributed by atoms with van der Waals surface area (Å²) < 4.78 is 16.8. The fourth-order valence-corrected chi connectivity index (χ4v) is 2.97. The number of rotatable bonds is 5. The molecular weight excluding hydrogens is 308 g/mol. The average Bonchev–Trinajstić information content (AvgIpc) is 3.23. The number of carbonyl (C=O) groups excluding carboxylic acids is 1. The van der Waals surface area contributed by atoms with Crippen LogP contribution in [0.5, 0.6) is 5.75 Å². The Kier molecular flexibility index (Phi) is 4.94. The number of carbonyl (C=O) groups is 1. The van der Waals surface area contributed by atoms with Crippen LogP contribution in [0, 0.1) is 0 Å². The lowest BCUT2D eigenvalue weighted by molar-refractivity contribution is 0.0869. The molecule has 6 heteroatoms. The lowest BCUT2D eigenvalue weighted by atomic mass is 10.2. The minimum Gasteiger partial charge on any atom is -0.493 e. The summed E-state index contributed by atoms with van der Waals surface area (Å²) in [4.78, 5) is 14.0. The van der Waals surface area contributed by atoms with Crippen LogP contribution in [-0.2, 0) is 4.74 Å². The van der Waals surface area contributed by atoms with Gasteiger partial charge in [0.25, 0.3) is 0 Å². The zero-order valence-corrected chi connectivity index (χ0v) is 14.4. The lowest BCUT2D eigenvalue weighted by Gasteiger charge is -2.23. The lowest BCUT2D eigenvalue weighted by Crippen LogP contribution is -2.42. The first-order valence-electron chi connectivity index (χ1n) is 8.28. The van der Waals surface area contributed by atoms with Gasteiger partial charge >= 0.3 is 6.03 Å². The maximum absolute atomic E-state index is 12.3. The van der Waals surface area contributed by atoms with Crippen molar-refractivity contribution < 1.29 is 18.7 Å². The third-order valence-electron chi connectivity index (χ3n) is 4.36. The van der Waals surface area contributed by atoms with Crippen molar-refractivity contribution in [3.05, 3.63) is 30.0 Å². The largest absolute Gasteiger partial charge is 0.493 e. The van der Waals surface area contributed by atoms with E-state index in [1.165, 1.54) is 0 Å². The van der Waals surface area contributed by atoms with Gasteiger partial charge in [-0.3, -0.25) is 0 Å². The molecule has 1 N–H and O–H groups in total. The van der Waals surface area contributed by atoms with Crippen molar-refractivity contribution in [3.63, 3.8) is 0 Å². The van der Waals surface area contributed by atoms with Gasteiger partial charge in [-0.05, 0) is 31.9 Å². The Balaban J connectivity index is 1.65. The van der Waals surface area contributed by atoms with E-state index in [1.807, 2.05) is 31.2 Å². The predicted octanol–water partition coefficient (Wildman–Crippen LogP) is 3.32. The van der Waals surface area contributed by atoms with Crippen LogP contribution in [0.15, 0.2) is 28.7 Å². The van der Waals surface area contributed by atoms with Crippen molar-refractivity contribution in [2.75, 3.05) is 27.3 Å². The summed E-state index contributed by atoms with van der Waals surface area (Å²) in [7, 11) is 3.40. The Morgan fingerprint density at radius 3 is 3.04 bits per heavy atom. The van der Waals surface area contributed by atoms with Crippen molar-refractivity contribution in [1.82, 2.24) is 10.2 Å². The summed E-state index contributed by atoms with van der Waals surface area (Å²) in [6, 6.07) is 7.30. The molecule has 3 rings (SSSR count). The van der Waals surface area contributed by atoms with Gasteiger partial charge in [0, 0.05) is 25.6 Å². The quantitative estimate of drug-likeness (QED) is 0.912. The van der Waals surface area contributed by atoms with Crippen molar-refractivity contribution in [2.24, 2.45) is 0 Å². The molecule has 0 unspecified atom stereocenters. The molecule has 130 valence electrons. The average molecular weight is 332 g/mol. The molecule has 2 atom stereocenters. The summed E-state index contributed by atoms with van der Waals surface area (Å²) in [5.74, 6) is 1.39. The molecular formula is C18H24N2O4. The third-order valence-corrected chi connectivity index (χ3v) is 4.36. The molecule has 0 spiro atoms. The number of furan rings is 1. The summed E-state index contributed by atoms with van der Waals surface area (Å²) in [6.45, 7) is 3.30. The van der Waals surface area contributed by atoms with Gasteiger partial charge in [-0.1, -0.05) is 12.1 Å². The second-order valence-electron chi connectivity index (χ2n) is 6.21. The molecule has 0 saturated carbocycles. The van der Waals surface area contributed by atoms with E-state index in [2.05, 4.69) is 5.32 Å². The Bertz CT molecular complexity index is 706. The maximum Gasteiger partial charge on any atom is 0.317 e. The van der Waals surface area contributed by atoms with Crippen molar-refractivity contribution in [1.29, 1.82) is 0 Å². The summed E-state index contributed by atoms with van der Waals surface area (Å²) >= 11 is 0. The summed E-state index contributed by atoms with van der Waals surface area (Å²) in [5, 5.41) is 3.92. The number of nitrogens with zero attached hydrogens (tertiary/aromatic N) is 1. The number of urea groups is 1. The Hall–Kier alpha value is -2.21. The Morgan fingerprint density at radius 1 is 1.50 bits per heavy atom. The van der Waals surface area contributed by atoms with Crippen LogP contribution in [0.2, 0.25) is 0 Å². The van der Waals surface area contributed by atoms with Crippen LogP contribution < -0.4 is 10.1 Å². The summed E-state index contributed by atoms with van der Waals surface area (Å²) in [5.41, 5.74) is 0.698. The highest BCUT2D eigenvalue weighted by atomic mass is 16.5. The van der Waals surface area contributed by atoms with Crippen LogP contribution in [-0.4, -0.2) is 44.3 Å². The van der Waals surface area contributed by atoms with Crippen LogP contribution in [0.4, 0.5) is 4.79 Å². The number of hydrogen-bond acceptors (Lipinski definition) is 4. The minimum absolute atomic E-state index is 0.134. The van der Waals surface area contributed by atoms with Gasteiger partial charge in [0.1, 0.15) is 5.76 Å². The van der Waals surface area contributed by atoms with Crippen molar-refractivity contribution in [2.45, 2.75) is 31.9 Å². The Morgan fingerprint density at radius 2 is 2.33 bits per heavy atom. The zero-order valence-electron chi connectivity index (χ0n) is 14.4. The first-order chi connectivity index (χ1) is 11.6. The molecule has 1 aliphatic rings. The van der Waals surface area contributed by atoms with Gasteiger partial charge < -0.3 is 24.1 Å². The molecule has 1 fully saturated rings. The number of fused-ring (bicyclic) bond motifs is 1. The molecule has 0 radical (unpaired) electrons. The Labute approximate surface area is 141 Å². The molecule has 1 saturated heterocycles. The highest BCUT2D eigenvalue weighted by molar-refractivity contribution is 5.84. The first-order valence-corrected chi connectivity index (χ1v) is 8.28. The first kappa shape index (κ1) is 16.6. The molecule has 1 aromatic heterocycles. The predicted molar refractivity (Wildman–Crippen MR) is 91.3 cm³/mol. The van der Waals surface area contributed by atoms with E-state index in [0.29, 0.717) is 23.6 Å². The third kappa shape index (κ3) is 3.48. The number of methoxy groups -OCH3 is 1. The second-order valence-corrected chi connectivity index (χ2v) is 6.21. The molecule has 2 aromatic rings. The molecule has 2 heterocycles. The molecule has 0 aliphatic carbocycles. The summed E-state index contributed by atoms with van der Waals surface area (Å²) in [6.07, 6.45) is 2.22. The van der Waals surface area contributed by atoms with E-state index < -0.39 is 0 Å². The minimum atomic E-state index is -0.235. The van der Waals surface area contributed by atoms with Crippen molar-refractivity contribution in [3.8, 4) is 5.75 Å². The maximum atomic E-state index is 12.3. The highest BCUT2D eigenvalue weighted by Crippen LogP contribution is 2.30. The van der Waals surface area contributed by atoms with Crippen LogP contribution >= 0.6 is 0 Å². The molecule has 1 aromatic carbocycles. The van der Waals surface area contributed by atoms with E-state index >= 15 is 0 Å². The van der Waals surface area contributed by atoms with Crippen LogP contribution in [0.25, 0.3) is 11.0 Å².